The van der Waals surface area contributed by atoms with Crippen molar-refractivity contribution < 1.29 is 0 Å². The Morgan fingerprint density at radius 3 is 2.57 bits per heavy atom. The molecule has 2 aromatic rings. The Morgan fingerprint density at radius 2 is 1.86 bits per heavy atom. The lowest BCUT2D eigenvalue weighted by atomic mass is 10.1. The first kappa shape index (κ1) is 9.75. The number of pyridine rings is 1. The number of benzene rings is 1. The highest BCUT2D eigenvalue weighted by Crippen LogP contribution is 2.30. The number of hydrogen-bond acceptors (Lipinski definition) is 1. The van der Waals surface area contributed by atoms with Gasteiger partial charge in [-0.25, -0.2) is 0 Å². The zero-order chi connectivity index (χ0) is 10.3. The summed E-state index contributed by atoms with van der Waals surface area (Å²) in [5.41, 5.74) is 2.84. The van der Waals surface area contributed by atoms with Crippen LogP contribution in [0, 0.1) is 13.8 Å². The summed E-state index contributed by atoms with van der Waals surface area (Å²) in [6.07, 6.45) is 1.74. The zero-order valence-corrected chi connectivity index (χ0v) is 9.45. The van der Waals surface area contributed by atoms with E-state index < -0.39 is 0 Å². The molecule has 0 atom stereocenters. The fraction of sp³-hybridized carbons (Fsp3) is 0.182. The molecule has 0 N–H and O–H groups in total. The van der Waals surface area contributed by atoms with Crippen LogP contribution in [0.4, 0.5) is 0 Å². The molecule has 3 heteroatoms. The maximum absolute atomic E-state index is 6.17. The summed E-state index contributed by atoms with van der Waals surface area (Å²) >= 11 is 12.2. The van der Waals surface area contributed by atoms with Gasteiger partial charge in [0.25, 0.3) is 0 Å². The van der Waals surface area contributed by atoms with Gasteiger partial charge in [-0.15, -0.1) is 0 Å². The number of rotatable bonds is 0. The van der Waals surface area contributed by atoms with Gasteiger partial charge < -0.3 is 0 Å². The van der Waals surface area contributed by atoms with Gasteiger partial charge in [-0.1, -0.05) is 23.2 Å². The molecule has 0 spiro atoms. The molecule has 0 aliphatic heterocycles. The van der Waals surface area contributed by atoms with Crippen LogP contribution < -0.4 is 0 Å². The van der Waals surface area contributed by atoms with E-state index in [9.17, 15) is 0 Å². The zero-order valence-electron chi connectivity index (χ0n) is 7.94. The van der Waals surface area contributed by atoms with E-state index in [-0.39, 0.29) is 0 Å². The van der Waals surface area contributed by atoms with E-state index in [2.05, 4.69) is 4.98 Å². The first-order chi connectivity index (χ1) is 6.59. The molecule has 0 bridgehead atoms. The average molecular weight is 226 g/mol. The summed E-state index contributed by atoms with van der Waals surface area (Å²) in [5, 5.41) is 2.32. The average Bonchev–Trinajstić information content (AvgIpc) is 2.12. The molecule has 1 heterocycles. The second-order valence-corrected chi connectivity index (χ2v) is 4.18. The third-order valence-corrected chi connectivity index (χ3v) is 2.97. The van der Waals surface area contributed by atoms with E-state index in [4.69, 9.17) is 23.2 Å². The largest absolute Gasteiger partial charge is 0.254 e. The molecule has 0 aliphatic carbocycles. The maximum atomic E-state index is 6.17. The molecule has 0 unspecified atom stereocenters. The smallest absolute Gasteiger partial charge is 0.0903 e. The Balaban J connectivity index is 2.95. The van der Waals surface area contributed by atoms with Crippen molar-refractivity contribution in [1.82, 2.24) is 4.98 Å². The highest BCUT2D eigenvalue weighted by molar-refractivity contribution is 6.39. The predicted molar refractivity (Wildman–Crippen MR) is 61.2 cm³/mol. The minimum absolute atomic E-state index is 0.655. The van der Waals surface area contributed by atoms with Crippen LogP contribution in [0.5, 0.6) is 0 Å². The van der Waals surface area contributed by atoms with Crippen molar-refractivity contribution in [3.05, 3.63) is 39.5 Å². The van der Waals surface area contributed by atoms with Gasteiger partial charge in [0.05, 0.1) is 15.6 Å². The van der Waals surface area contributed by atoms with Crippen LogP contribution in [0.15, 0.2) is 18.3 Å². The highest BCUT2D eigenvalue weighted by Gasteiger charge is 2.07. The summed E-state index contributed by atoms with van der Waals surface area (Å²) in [6.45, 7) is 3.93. The molecule has 0 aliphatic rings. The second-order valence-electron chi connectivity index (χ2n) is 3.40. The molecule has 0 amide bonds. The fourth-order valence-corrected chi connectivity index (χ4v) is 1.98. The van der Waals surface area contributed by atoms with Gasteiger partial charge in [-0.3, -0.25) is 4.98 Å². The normalized spacial score (nSPS) is 10.9. The van der Waals surface area contributed by atoms with E-state index in [0.29, 0.717) is 5.02 Å². The summed E-state index contributed by atoms with van der Waals surface area (Å²) in [4.78, 5) is 4.27. The van der Waals surface area contributed by atoms with Gasteiger partial charge in [0.1, 0.15) is 0 Å². The standard InChI is InChI=1S/C11H9Cl2N/c1-6-3-8-10(13)7(2)5-14-11(8)9(12)4-6/h3-5H,1-2H3. The van der Waals surface area contributed by atoms with E-state index >= 15 is 0 Å². The predicted octanol–water partition coefficient (Wildman–Crippen LogP) is 4.16. The second kappa shape index (κ2) is 3.41. The molecule has 0 saturated carbocycles. The summed E-state index contributed by atoms with van der Waals surface area (Å²) in [7, 11) is 0. The Hall–Kier alpha value is -0.790. The van der Waals surface area contributed by atoms with Crippen molar-refractivity contribution in [2.24, 2.45) is 0 Å². The third kappa shape index (κ3) is 1.47. The summed E-state index contributed by atoms with van der Waals surface area (Å²) < 4.78 is 0. The van der Waals surface area contributed by atoms with Crippen LogP contribution in [-0.4, -0.2) is 4.98 Å². The van der Waals surface area contributed by atoms with Gasteiger partial charge in [-0.05, 0) is 37.1 Å². The first-order valence-corrected chi connectivity index (χ1v) is 5.06. The Labute approximate surface area is 92.7 Å². The lowest BCUT2D eigenvalue weighted by Crippen LogP contribution is -1.86. The van der Waals surface area contributed by atoms with Gasteiger partial charge in [0.15, 0.2) is 0 Å². The quantitative estimate of drug-likeness (QED) is 0.657. The third-order valence-electron chi connectivity index (χ3n) is 2.18. The fourth-order valence-electron chi connectivity index (χ4n) is 1.46. The van der Waals surface area contributed by atoms with Crippen molar-refractivity contribution in [1.29, 1.82) is 0 Å². The summed E-state index contributed by atoms with van der Waals surface area (Å²) in [5.74, 6) is 0. The lowest BCUT2D eigenvalue weighted by molar-refractivity contribution is 1.33. The van der Waals surface area contributed by atoms with E-state index in [1.54, 1.807) is 6.20 Å². The SMILES string of the molecule is Cc1cc(Cl)c2ncc(C)c(Cl)c2c1. The van der Waals surface area contributed by atoms with Crippen molar-refractivity contribution in [3.63, 3.8) is 0 Å². The molecule has 1 nitrogen and oxygen atoms in total. The van der Waals surface area contributed by atoms with Crippen LogP contribution in [-0.2, 0) is 0 Å². The van der Waals surface area contributed by atoms with Crippen LogP contribution >= 0.6 is 23.2 Å². The Morgan fingerprint density at radius 1 is 1.14 bits per heavy atom. The lowest BCUT2D eigenvalue weighted by Gasteiger charge is -2.05. The first-order valence-electron chi connectivity index (χ1n) is 4.30. The number of aryl methyl sites for hydroxylation is 2. The molecular weight excluding hydrogens is 217 g/mol. The number of nitrogens with zero attached hydrogens (tertiary/aromatic N) is 1. The minimum atomic E-state index is 0.655. The molecule has 14 heavy (non-hydrogen) atoms. The molecule has 2 rings (SSSR count). The number of hydrogen-bond donors (Lipinski definition) is 0. The number of aromatic nitrogens is 1. The van der Waals surface area contributed by atoms with Crippen molar-refractivity contribution in [2.45, 2.75) is 13.8 Å². The topological polar surface area (TPSA) is 12.9 Å². The van der Waals surface area contributed by atoms with Crippen molar-refractivity contribution in [3.8, 4) is 0 Å². The van der Waals surface area contributed by atoms with E-state index in [1.807, 2.05) is 26.0 Å². The monoisotopic (exact) mass is 225 g/mol. The van der Waals surface area contributed by atoms with Crippen LogP contribution in [0.1, 0.15) is 11.1 Å². The molecule has 72 valence electrons. The molecular formula is C11H9Cl2N. The van der Waals surface area contributed by atoms with E-state index in [1.165, 1.54) is 0 Å². The molecule has 1 aromatic heterocycles. The van der Waals surface area contributed by atoms with Gasteiger partial charge in [-0.2, -0.15) is 0 Å². The van der Waals surface area contributed by atoms with Gasteiger partial charge >= 0.3 is 0 Å². The molecule has 0 radical (unpaired) electrons. The highest BCUT2D eigenvalue weighted by atomic mass is 35.5. The Kier molecular flexibility index (Phi) is 2.38. The summed E-state index contributed by atoms with van der Waals surface area (Å²) in [6, 6.07) is 3.89. The maximum Gasteiger partial charge on any atom is 0.0903 e. The molecule has 0 saturated heterocycles. The minimum Gasteiger partial charge on any atom is -0.254 e. The van der Waals surface area contributed by atoms with Crippen LogP contribution in [0.25, 0.3) is 10.9 Å². The molecule has 1 aromatic carbocycles. The van der Waals surface area contributed by atoms with Crippen molar-refractivity contribution >= 4 is 34.1 Å². The number of halogens is 2. The Bertz CT molecular complexity index is 506. The van der Waals surface area contributed by atoms with Crippen molar-refractivity contribution in [2.75, 3.05) is 0 Å². The van der Waals surface area contributed by atoms with Crippen LogP contribution in [0.3, 0.4) is 0 Å². The van der Waals surface area contributed by atoms with E-state index in [0.717, 1.165) is 27.1 Å². The van der Waals surface area contributed by atoms with Gasteiger partial charge in [0.2, 0.25) is 0 Å². The van der Waals surface area contributed by atoms with Crippen LogP contribution in [0.2, 0.25) is 10.0 Å². The molecule has 0 fully saturated rings. The van der Waals surface area contributed by atoms with Gasteiger partial charge in [0, 0.05) is 11.6 Å². The number of fused-ring (bicyclic) bond motifs is 1.